The Balaban J connectivity index is 1.67. The number of carbonyl (C=O) groups excluding carboxylic acids is 1. The maximum Gasteiger partial charge on any atom is 0.255 e. The molecule has 3 rings (SSSR count). The summed E-state index contributed by atoms with van der Waals surface area (Å²) in [6.45, 7) is 3.46. The molecule has 0 bridgehead atoms. The summed E-state index contributed by atoms with van der Waals surface area (Å²) in [5, 5.41) is 0. The molecular weight excluding hydrogens is 285 g/mol. The summed E-state index contributed by atoms with van der Waals surface area (Å²) in [6, 6.07) is 4.98. The van der Waals surface area contributed by atoms with Crippen LogP contribution in [-0.2, 0) is 20.7 Å². The van der Waals surface area contributed by atoms with Crippen molar-refractivity contribution in [2.45, 2.75) is 44.8 Å². The number of aryl methyl sites for hydroxylation is 1. The second-order valence-corrected chi connectivity index (χ2v) is 5.95. The first-order valence-corrected chi connectivity index (χ1v) is 7.99. The standard InChI is InChI=1S/C17H22FNO3/c1-12(22-11-14-7-4-10-21-14)17(20)19-9-3-6-13-5-2-8-15(18)16(13)19/h2,5,8,12,14H,3-4,6-7,9-11H2,1H3. The van der Waals surface area contributed by atoms with Gasteiger partial charge >= 0.3 is 0 Å². The van der Waals surface area contributed by atoms with Gasteiger partial charge in [0.2, 0.25) is 0 Å². The van der Waals surface area contributed by atoms with E-state index in [1.165, 1.54) is 11.0 Å². The van der Waals surface area contributed by atoms with Crippen molar-refractivity contribution in [3.05, 3.63) is 29.6 Å². The van der Waals surface area contributed by atoms with Crippen molar-refractivity contribution in [2.24, 2.45) is 0 Å². The molecule has 1 amide bonds. The number of hydrogen-bond donors (Lipinski definition) is 0. The van der Waals surface area contributed by atoms with Crippen LogP contribution in [0, 0.1) is 5.82 Å². The molecule has 4 nitrogen and oxygen atoms in total. The van der Waals surface area contributed by atoms with Gasteiger partial charge < -0.3 is 14.4 Å². The molecule has 22 heavy (non-hydrogen) atoms. The summed E-state index contributed by atoms with van der Waals surface area (Å²) >= 11 is 0. The maximum absolute atomic E-state index is 14.1. The first-order valence-electron chi connectivity index (χ1n) is 7.99. The van der Waals surface area contributed by atoms with E-state index in [0.717, 1.165) is 37.9 Å². The van der Waals surface area contributed by atoms with E-state index in [9.17, 15) is 9.18 Å². The van der Waals surface area contributed by atoms with Gasteiger partial charge in [-0.1, -0.05) is 12.1 Å². The molecule has 120 valence electrons. The van der Waals surface area contributed by atoms with Crippen molar-refractivity contribution >= 4 is 11.6 Å². The van der Waals surface area contributed by atoms with Crippen molar-refractivity contribution in [2.75, 3.05) is 24.7 Å². The minimum Gasteiger partial charge on any atom is -0.376 e. The van der Waals surface area contributed by atoms with Crippen molar-refractivity contribution in [3.8, 4) is 0 Å². The molecule has 0 spiro atoms. The van der Waals surface area contributed by atoms with Crippen LogP contribution < -0.4 is 4.90 Å². The van der Waals surface area contributed by atoms with Gasteiger partial charge in [0.25, 0.3) is 5.91 Å². The first kappa shape index (κ1) is 15.4. The highest BCUT2D eigenvalue weighted by Gasteiger charge is 2.29. The van der Waals surface area contributed by atoms with Crippen molar-refractivity contribution in [1.29, 1.82) is 0 Å². The highest BCUT2D eigenvalue weighted by atomic mass is 19.1. The van der Waals surface area contributed by atoms with Gasteiger partial charge in [-0.05, 0) is 44.2 Å². The Morgan fingerprint density at radius 3 is 3.14 bits per heavy atom. The van der Waals surface area contributed by atoms with E-state index in [4.69, 9.17) is 9.47 Å². The summed E-state index contributed by atoms with van der Waals surface area (Å²) in [6.07, 6.45) is 3.17. The lowest BCUT2D eigenvalue weighted by Gasteiger charge is -2.31. The van der Waals surface area contributed by atoms with E-state index >= 15 is 0 Å². The normalized spacial score (nSPS) is 22.5. The average Bonchev–Trinajstić information content (AvgIpc) is 3.05. The number of ether oxygens (including phenoxy) is 2. The number of carbonyl (C=O) groups is 1. The van der Waals surface area contributed by atoms with Crippen molar-refractivity contribution in [3.63, 3.8) is 0 Å². The lowest BCUT2D eigenvalue weighted by molar-refractivity contribution is -0.131. The number of rotatable bonds is 4. The van der Waals surface area contributed by atoms with Gasteiger partial charge in [-0.2, -0.15) is 0 Å². The summed E-state index contributed by atoms with van der Waals surface area (Å²) in [4.78, 5) is 14.1. The smallest absolute Gasteiger partial charge is 0.255 e. The molecule has 1 aromatic carbocycles. The van der Waals surface area contributed by atoms with Crippen LogP contribution in [-0.4, -0.2) is 37.9 Å². The Kier molecular flexibility index (Phi) is 4.74. The zero-order valence-electron chi connectivity index (χ0n) is 12.9. The Morgan fingerprint density at radius 1 is 1.50 bits per heavy atom. The molecule has 2 aliphatic heterocycles. The van der Waals surface area contributed by atoms with E-state index < -0.39 is 6.10 Å². The largest absolute Gasteiger partial charge is 0.376 e. The van der Waals surface area contributed by atoms with Gasteiger partial charge in [-0.15, -0.1) is 0 Å². The molecule has 2 heterocycles. The second-order valence-electron chi connectivity index (χ2n) is 5.95. The van der Waals surface area contributed by atoms with E-state index in [0.29, 0.717) is 18.8 Å². The SMILES string of the molecule is CC(OCC1CCCO1)C(=O)N1CCCc2cccc(F)c21. The molecule has 1 saturated heterocycles. The van der Waals surface area contributed by atoms with E-state index in [1.54, 1.807) is 13.0 Å². The van der Waals surface area contributed by atoms with Crippen LogP contribution in [0.15, 0.2) is 18.2 Å². The van der Waals surface area contributed by atoms with Crippen LogP contribution in [0.5, 0.6) is 0 Å². The second kappa shape index (κ2) is 6.75. The topological polar surface area (TPSA) is 38.8 Å². The van der Waals surface area contributed by atoms with Gasteiger partial charge in [-0.25, -0.2) is 4.39 Å². The van der Waals surface area contributed by atoms with Gasteiger partial charge in [0.15, 0.2) is 0 Å². The quantitative estimate of drug-likeness (QED) is 0.858. The van der Waals surface area contributed by atoms with Crippen LogP contribution in [0.3, 0.4) is 0 Å². The summed E-state index contributed by atoms with van der Waals surface area (Å²) in [7, 11) is 0. The molecular formula is C17H22FNO3. The molecule has 0 aliphatic carbocycles. The number of fused-ring (bicyclic) bond motifs is 1. The van der Waals surface area contributed by atoms with E-state index in [2.05, 4.69) is 0 Å². The molecule has 0 saturated carbocycles. The van der Waals surface area contributed by atoms with E-state index in [1.807, 2.05) is 6.07 Å². The maximum atomic E-state index is 14.1. The zero-order valence-corrected chi connectivity index (χ0v) is 12.9. The summed E-state index contributed by atoms with van der Waals surface area (Å²) in [5.41, 5.74) is 1.32. The predicted molar refractivity (Wildman–Crippen MR) is 81.5 cm³/mol. The Morgan fingerprint density at radius 2 is 2.36 bits per heavy atom. The van der Waals surface area contributed by atoms with Gasteiger partial charge in [0.05, 0.1) is 18.4 Å². The van der Waals surface area contributed by atoms with Gasteiger partial charge in [0.1, 0.15) is 11.9 Å². The first-order chi connectivity index (χ1) is 10.7. The lowest BCUT2D eigenvalue weighted by atomic mass is 10.0. The van der Waals surface area contributed by atoms with Crippen molar-refractivity contribution in [1.82, 2.24) is 0 Å². The van der Waals surface area contributed by atoms with Gasteiger partial charge in [-0.3, -0.25) is 4.79 Å². The third-order valence-corrected chi connectivity index (χ3v) is 4.34. The van der Waals surface area contributed by atoms with Crippen LogP contribution in [0.25, 0.3) is 0 Å². The summed E-state index contributed by atoms with van der Waals surface area (Å²) in [5.74, 6) is -0.513. The van der Waals surface area contributed by atoms with Crippen LogP contribution in [0.2, 0.25) is 0 Å². The summed E-state index contributed by atoms with van der Waals surface area (Å²) < 4.78 is 25.3. The Labute approximate surface area is 130 Å². The van der Waals surface area contributed by atoms with Crippen molar-refractivity contribution < 1.29 is 18.7 Å². The van der Waals surface area contributed by atoms with E-state index in [-0.39, 0.29) is 17.8 Å². The Bertz CT molecular complexity index is 543. The average molecular weight is 307 g/mol. The fourth-order valence-corrected chi connectivity index (χ4v) is 3.14. The fraction of sp³-hybridized carbons (Fsp3) is 0.588. The molecule has 1 aromatic rings. The highest BCUT2D eigenvalue weighted by molar-refractivity contribution is 5.97. The van der Waals surface area contributed by atoms with Crippen LogP contribution in [0.4, 0.5) is 10.1 Å². The highest BCUT2D eigenvalue weighted by Crippen LogP contribution is 2.30. The van der Waals surface area contributed by atoms with Crippen LogP contribution >= 0.6 is 0 Å². The Hall–Kier alpha value is -1.46. The lowest BCUT2D eigenvalue weighted by Crippen LogP contribution is -2.43. The number of nitrogens with zero attached hydrogens (tertiary/aromatic N) is 1. The van der Waals surface area contributed by atoms with Gasteiger partial charge in [0, 0.05) is 13.2 Å². The number of anilines is 1. The number of amides is 1. The molecule has 2 aliphatic rings. The number of para-hydroxylation sites is 1. The molecule has 5 heteroatoms. The minimum absolute atomic E-state index is 0.0839. The third-order valence-electron chi connectivity index (χ3n) is 4.34. The minimum atomic E-state index is -0.588. The third kappa shape index (κ3) is 3.15. The number of halogens is 1. The fourth-order valence-electron chi connectivity index (χ4n) is 3.14. The van der Waals surface area contributed by atoms with Crippen LogP contribution in [0.1, 0.15) is 31.7 Å². The predicted octanol–water partition coefficient (Wildman–Crippen LogP) is 2.69. The molecule has 1 fully saturated rings. The molecule has 0 radical (unpaired) electrons. The molecule has 2 unspecified atom stereocenters. The number of hydrogen-bond acceptors (Lipinski definition) is 3. The molecule has 0 N–H and O–H groups in total. The molecule has 2 atom stereocenters. The molecule has 0 aromatic heterocycles. The zero-order chi connectivity index (χ0) is 15.5. The number of benzene rings is 1. The monoisotopic (exact) mass is 307 g/mol.